The molecule has 0 aliphatic carbocycles. The van der Waals surface area contributed by atoms with Crippen molar-refractivity contribution in [1.29, 1.82) is 0 Å². The third-order valence-electron chi connectivity index (χ3n) is 7.52. The quantitative estimate of drug-likeness (QED) is 0.166. The molecule has 47 heavy (non-hydrogen) atoms. The summed E-state index contributed by atoms with van der Waals surface area (Å²) in [6, 6.07) is 24.6. The number of aryl methyl sites for hydroxylation is 1. The molecule has 11 heteroatoms. The number of rotatable bonds is 14. The van der Waals surface area contributed by atoms with Gasteiger partial charge < -0.3 is 15.0 Å². The summed E-state index contributed by atoms with van der Waals surface area (Å²) in [6.45, 7) is 5.35. The fourth-order valence-electron chi connectivity index (χ4n) is 4.97. The summed E-state index contributed by atoms with van der Waals surface area (Å²) >= 11 is 6.34. The Kier molecular flexibility index (Phi) is 12.0. The Bertz CT molecular complexity index is 1770. The smallest absolute Gasteiger partial charge is 0.264 e. The first-order valence-electron chi connectivity index (χ1n) is 15.2. The highest BCUT2D eigenvalue weighted by atomic mass is 35.5. The van der Waals surface area contributed by atoms with E-state index in [9.17, 15) is 22.4 Å². The Labute approximate surface area is 281 Å². The number of carbonyl (C=O) groups is 2. The molecule has 1 N–H and O–H groups in total. The van der Waals surface area contributed by atoms with Crippen molar-refractivity contribution >= 4 is 39.1 Å². The minimum Gasteiger partial charge on any atom is -0.495 e. The van der Waals surface area contributed by atoms with E-state index < -0.39 is 40.2 Å². The summed E-state index contributed by atoms with van der Waals surface area (Å²) in [5, 5.41) is 3.17. The number of nitrogens with zero attached hydrogens (tertiary/aromatic N) is 2. The maximum absolute atomic E-state index is 14.6. The highest BCUT2D eigenvalue weighted by Crippen LogP contribution is 2.35. The van der Waals surface area contributed by atoms with Crippen LogP contribution in [0.3, 0.4) is 0 Å². The van der Waals surface area contributed by atoms with Crippen LogP contribution in [-0.4, -0.2) is 51.4 Å². The summed E-state index contributed by atoms with van der Waals surface area (Å²) < 4.78 is 48.9. The van der Waals surface area contributed by atoms with Gasteiger partial charge in [0.25, 0.3) is 10.0 Å². The summed E-state index contributed by atoms with van der Waals surface area (Å²) in [4.78, 5) is 29.7. The van der Waals surface area contributed by atoms with Crippen LogP contribution in [0, 0.1) is 18.7 Å². The molecule has 2 amide bonds. The number of carbonyl (C=O) groups excluding carboxylic acids is 2. The summed E-state index contributed by atoms with van der Waals surface area (Å²) in [7, 11) is -2.97. The van der Waals surface area contributed by atoms with Crippen molar-refractivity contribution in [2.75, 3.05) is 24.5 Å². The molecule has 0 saturated carbocycles. The van der Waals surface area contributed by atoms with Gasteiger partial charge in [-0.25, -0.2) is 12.8 Å². The number of sulfonamides is 1. The van der Waals surface area contributed by atoms with E-state index in [1.165, 1.54) is 60.5 Å². The van der Waals surface area contributed by atoms with Crippen molar-refractivity contribution in [3.63, 3.8) is 0 Å². The molecule has 1 atom stereocenters. The molecule has 0 unspecified atom stereocenters. The number of hydrogen-bond donors (Lipinski definition) is 1. The minimum atomic E-state index is -4.36. The Morgan fingerprint density at radius 3 is 2.19 bits per heavy atom. The zero-order valence-electron chi connectivity index (χ0n) is 26.8. The first-order valence-corrected chi connectivity index (χ1v) is 17.0. The molecule has 4 rings (SSSR count). The average Bonchev–Trinajstić information content (AvgIpc) is 3.05. The molecule has 8 nitrogen and oxygen atoms in total. The predicted molar refractivity (Wildman–Crippen MR) is 182 cm³/mol. The lowest BCUT2D eigenvalue weighted by Gasteiger charge is -2.34. The van der Waals surface area contributed by atoms with Gasteiger partial charge in [0.2, 0.25) is 11.8 Å². The second-order valence-electron chi connectivity index (χ2n) is 11.6. The van der Waals surface area contributed by atoms with Crippen LogP contribution in [0.25, 0.3) is 0 Å². The molecule has 0 saturated heterocycles. The van der Waals surface area contributed by atoms with Crippen LogP contribution in [0.1, 0.15) is 30.5 Å². The van der Waals surface area contributed by atoms with E-state index in [-0.39, 0.29) is 40.2 Å². The third-order valence-corrected chi connectivity index (χ3v) is 9.53. The maximum atomic E-state index is 14.6. The molecule has 4 aromatic rings. The van der Waals surface area contributed by atoms with Gasteiger partial charge in [0, 0.05) is 24.5 Å². The summed E-state index contributed by atoms with van der Waals surface area (Å²) in [5.74, 6) is -1.19. The lowest BCUT2D eigenvalue weighted by atomic mass is 10.0. The van der Waals surface area contributed by atoms with Gasteiger partial charge in [0.15, 0.2) is 0 Å². The van der Waals surface area contributed by atoms with Crippen LogP contribution in [0.4, 0.5) is 10.1 Å². The monoisotopic (exact) mass is 679 g/mol. The molecule has 0 aliphatic heterocycles. The van der Waals surface area contributed by atoms with Crippen molar-refractivity contribution in [3.8, 4) is 5.75 Å². The SMILES string of the molecule is COc1ccc(Cl)cc1N(CC(=O)N(Cc1ccc(F)cc1)[C@H](Cc1ccccc1)C(=O)NCC(C)C)S(=O)(=O)c1ccc(C)cc1. The van der Waals surface area contributed by atoms with E-state index in [2.05, 4.69) is 5.32 Å². The van der Waals surface area contributed by atoms with Crippen LogP contribution in [0.2, 0.25) is 5.02 Å². The summed E-state index contributed by atoms with van der Waals surface area (Å²) in [6.07, 6.45) is 0.156. The predicted octanol–water partition coefficient (Wildman–Crippen LogP) is 6.40. The molecule has 0 heterocycles. The number of methoxy groups -OCH3 is 1. The Morgan fingerprint density at radius 1 is 0.915 bits per heavy atom. The first-order chi connectivity index (χ1) is 22.4. The van der Waals surface area contributed by atoms with Crippen molar-refractivity contribution < 1.29 is 27.1 Å². The van der Waals surface area contributed by atoms with Crippen molar-refractivity contribution in [2.45, 2.75) is 44.7 Å². The van der Waals surface area contributed by atoms with E-state index in [0.717, 1.165) is 15.4 Å². The van der Waals surface area contributed by atoms with Crippen LogP contribution in [0.15, 0.2) is 102 Å². The van der Waals surface area contributed by atoms with E-state index in [0.29, 0.717) is 12.1 Å². The van der Waals surface area contributed by atoms with Crippen LogP contribution in [0.5, 0.6) is 5.75 Å². The third kappa shape index (κ3) is 9.33. The van der Waals surface area contributed by atoms with Crippen LogP contribution in [-0.2, 0) is 32.6 Å². The van der Waals surface area contributed by atoms with E-state index in [4.69, 9.17) is 16.3 Å². The normalized spacial score (nSPS) is 12.0. The van der Waals surface area contributed by atoms with Gasteiger partial charge in [-0.3, -0.25) is 13.9 Å². The van der Waals surface area contributed by atoms with Crippen LogP contribution < -0.4 is 14.4 Å². The molecule has 0 bridgehead atoms. The lowest BCUT2D eigenvalue weighted by molar-refractivity contribution is -0.140. The highest BCUT2D eigenvalue weighted by Gasteiger charge is 2.35. The average molecular weight is 680 g/mol. The Balaban J connectivity index is 1.84. The van der Waals surface area contributed by atoms with E-state index in [1.807, 2.05) is 51.1 Å². The van der Waals surface area contributed by atoms with Gasteiger partial charge >= 0.3 is 0 Å². The number of amides is 2. The maximum Gasteiger partial charge on any atom is 0.264 e. The topological polar surface area (TPSA) is 96.0 Å². The molecular formula is C36H39ClFN3O5S. The van der Waals surface area contributed by atoms with Gasteiger partial charge in [0.05, 0.1) is 17.7 Å². The zero-order chi connectivity index (χ0) is 34.1. The van der Waals surface area contributed by atoms with Crippen LogP contribution >= 0.6 is 11.6 Å². The number of ether oxygens (including phenoxy) is 1. The van der Waals surface area contributed by atoms with Gasteiger partial charge in [-0.2, -0.15) is 0 Å². The molecule has 4 aromatic carbocycles. The fraction of sp³-hybridized carbons (Fsp3) is 0.278. The van der Waals surface area contributed by atoms with E-state index >= 15 is 0 Å². The number of anilines is 1. The number of halogens is 2. The zero-order valence-corrected chi connectivity index (χ0v) is 28.4. The summed E-state index contributed by atoms with van der Waals surface area (Å²) in [5.41, 5.74) is 2.27. The second kappa shape index (κ2) is 15.9. The molecule has 248 valence electrons. The van der Waals surface area contributed by atoms with Gasteiger partial charge in [-0.15, -0.1) is 0 Å². The first kappa shape index (κ1) is 35.4. The van der Waals surface area contributed by atoms with Crippen molar-refractivity contribution in [3.05, 3.63) is 125 Å². The van der Waals surface area contributed by atoms with Gasteiger partial charge in [-0.05, 0) is 66.4 Å². The minimum absolute atomic E-state index is 0.0430. The van der Waals surface area contributed by atoms with Crippen molar-refractivity contribution in [1.82, 2.24) is 10.2 Å². The number of nitrogens with one attached hydrogen (secondary N) is 1. The van der Waals surface area contributed by atoms with Gasteiger partial charge in [-0.1, -0.05) is 85.6 Å². The van der Waals surface area contributed by atoms with E-state index in [1.54, 1.807) is 18.2 Å². The number of benzene rings is 4. The lowest BCUT2D eigenvalue weighted by Crippen LogP contribution is -2.53. The molecule has 0 fully saturated rings. The number of hydrogen-bond acceptors (Lipinski definition) is 5. The molecule has 0 spiro atoms. The second-order valence-corrected chi connectivity index (χ2v) is 13.9. The largest absolute Gasteiger partial charge is 0.495 e. The molecule has 0 aromatic heterocycles. The van der Waals surface area contributed by atoms with Gasteiger partial charge in [0.1, 0.15) is 24.2 Å². The standard InChI is InChI=1S/C36H39ClFN3O5S/c1-25(2)22-39-36(43)33(20-27-8-6-5-7-9-27)40(23-28-12-15-30(38)16-13-28)35(42)24-41(32-21-29(37)14-19-34(32)46-4)47(44,45)31-17-10-26(3)11-18-31/h5-19,21,25,33H,20,22-24H2,1-4H3,(H,39,43)/t33-/m1/s1. The van der Waals surface area contributed by atoms with Crippen molar-refractivity contribution in [2.24, 2.45) is 5.92 Å². The molecule has 0 aliphatic rings. The Morgan fingerprint density at radius 2 is 1.57 bits per heavy atom. The Hall–Kier alpha value is -4.41. The fourth-order valence-corrected chi connectivity index (χ4v) is 6.55. The molecule has 0 radical (unpaired) electrons. The highest BCUT2D eigenvalue weighted by molar-refractivity contribution is 7.92. The molecular weight excluding hydrogens is 641 g/mol.